The Kier molecular flexibility index (Phi) is 4.87. The minimum Gasteiger partial charge on any atom is -0.493 e. The molecule has 0 bridgehead atoms. The molecule has 1 fully saturated rings. The fourth-order valence-corrected chi connectivity index (χ4v) is 3.29. The van der Waals surface area contributed by atoms with E-state index in [0.717, 1.165) is 43.4 Å². The van der Waals surface area contributed by atoms with Crippen LogP contribution >= 0.6 is 0 Å². The van der Waals surface area contributed by atoms with E-state index in [2.05, 4.69) is 13.8 Å². The zero-order chi connectivity index (χ0) is 13.7. The monoisotopic (exact) mass is 262 g/mol. The van der Waals surface area contributed by atoms with Crippen LogP contribution in [0.2, 0.25) is 0 Å². The summed E-state index contributed by atoms with van der Waals surface area (Å²) in [6.07, 6.45) is 6.34. The number of aliphatic hydroxyl groups is 1. The van der Waals surface area contributed by atoms with Gasteiger partial charge in [0.2, 0.25) is 0 Å². The minimum atomic E-state index is -0.697. The van der Waals surface area contributed by atoms with Gasteiger partial charge in [0.15, 0.2) is 0 Å². The summed E-state index contributed by atoms with van der Waals surface area (Å²) in [6.45, 7) is 4.99. The largest absolute Gasteiger partial charge is 0.493 e. The maximum absolute atomic E-state index is 11.2. The first-order valence-electron chi connectivity index (χ1n) is 7.67. The van der Waals surface area contributed by atoms with Crippen molar-refractivity contribution in [2.24, 2.45) is 5.92 Å². The van der Waals surface area contributed by atoms with Crippen molar-refractivity contribution in [1.82, 2.24) is 0 Å². The van der Waals surface area contributed by atoms with E-state index in [1.807, 2.05) is 24.3 Å². The summed E-state index contributed by atoms with van der Waals surface area (Å²) < 4.78 is 5.84. The molecule has 2 nitrogen and oxygen atoms in total. The van der Waals surface area contributed by atoms with Gasteiger partial charge in [0.05, 0.1) is 12.2 Å². The van der Waals surface area contributed by atoms with Gasteiger partial charge in [-0.05, 0) is 31.2 Å². The molecule has 2 atom stereocenters. The first-order valence-corrected chi connectivity index (χ1v) is 7.67. The molecule has 0 aliphatic heterocycles. The van der Waals surface area contributed by atoms with Gasteiger partial charge in [-0.3, -0.25) is 0 Å². The molecule has 2 heteroatoms. The van der Waals surface area contributed by atoms with E-state index in [9.17, 15) is 5.11 Å². The van der Waals surface area contributed by atoms with E-state index in [-0.39, 0.29) is 0 Å². The normalized spacial score (nSPS) is 27.2. The lowest BCUT2D eigenvalue weighted by Crippen LogP contribution is -2.38. The van der Waals surface area contributed by atoms with E-state index in [4.69, 9.17) is 4.74 Å². The fraction of sp³-hybridized carbons (Fsp3) is 0.647. The predicted octanol–water partition coefficient (Wildman–Crippen LogP) is 4.26. The summed E-state index contributed by atoms with van der Waals surface area (Å²) >= 11 is 0. The van der Waals surface area contributed by atoms with Crippen molar-refractivity contribution in [3.63, 3.8) is 0 Å². The van der Waals surface area contributed by atoms with Crippen molar-refractivity contribution in [2.75, 3.05) is 6.61 Å². The quantitative estimate of drug-likeness (QED) is 0.859. The second kappa shape index (κ2) is 6.42. The molecule has 0 spiro atoms. The smallest absolute Gasteiger partial charge is 0.125 e. The van der Waals surface area contributed by atoms with Crippen molar-refractivity contribution in [1.29, 1.82) is 0 Å². The van der Waals surface area contributed by atoms with Crippen LogP contribution in [0, 0.1) is 5.92 Å². The van der Waals surface area contributed by atoms with Crippen molar-refractivity contribution < 1.29 is 9.84 Å². The highest BCUT2D eigenvalue weighted by Gasteiger charge is 2.41. The summed E-state index contributed by atoms with van der Waals surface area (Å²) in [4.78, 5) is 0. The van der Waals surface area contributed by atoms with Gasteiger partial charge in [-0.25, -0.2) is 0 Å². The van der Waals surface area contributed by atoms with Gasteiger partial charge in [-0.15, -0.1) is 0 Å². The number of rotatable bonds is 5. The molecule has 1 N–H and O–H groups in total. The topological polar surface area (TPSA) is 29.5 Å². The van der Waals surface area contributed by atoms with Crippen LogP contribution in [0.4, 0.5) is 0 Å². The third-order valence-electron chi connectivity index (χ3n) is 4.34. The molecule has 106 valence electrons. The molecule has 0 amide bonds. The summed E-state index contributed by atoms with van der Waals surface area (Å²) in [5.41, 5.74) is 0.298. The Morgan fingerprint density at radius 1 is 1.26 bits per heavy atom. The van der Waals surface area contributed by atoms with Crippen molar-refractivity contribution in [3.8, 4) is 5.75 Å². The van der Waals surface area contributed by atoms with Crippen LogP contribution in [0.15, 0.2) is 24.3 Å². The van der Waals surface area contributed by atoms with Crippen LogP contribution in [0.5, 0.6) is 5.75 Å². The number of benzene rings is 1. The van der Waals surface area contributed by atoms with Gasteiger partial charge < -0.3 is 9.84 Å². The third-order valence-corrected chi connectivity index (χ3v) is 4.34. The third kappa shape index (κ3) is 2.94. The first kappa shape index (κ1) is 14.4. The first-order chi connectivity index (χ1) is 9.22. The Bertz CT molecular complexity index is 402. The number of para-hydroxylation sites is 1. The SMILES string of the molecule is CCCOc1ccccc1C1(O)CCCCC1CC. The highest BCUT2D eigenvalue weighted by molar-refractivity contribution is 5.38. The summed E-state index contributed by atoms with van der Waals surface area (Å²) in [6, 6.07) is 8.03. The van der Waals surface area contributed by atoms with Gasteiger partial charge in [0.25, 0.3) is 0 Å². The summed E-state index contributed by atoms with van der Waals surface area (Å²) in [5.74, 6) is 1.22. The highest BCUT2D eigenvalue weighted by Crippen LogP contribution is 2.46. The second-order valence-corrected chi connectivity index (χ2v) is 5.62. The van der Waals surface area contributed by atoms with Crippen LogP contribution in [0.3, 0.4) is 0 Å². The lowest BCUT2D eigenvalue weighted by Gasteiger charge is -2.40. The number of ether oxygens (including phenoxy) is 1. The van der Waals surface area contributed by atoms with E-state index in [1.165, 1.54) is 6.42 Å². The Morgan fingerprint density at radius 3 is 2.79 bits per heavy atom. The molecule has 1 aromatic rings. The van der Waals surface area contributed by atoms with Crippen molar-refractivity contribution in [3.05, 3.63) is 29.8 Å². The maximum Gasteiger partial charge on any atom is 0.125 e. The molecule has 1 aromatic carbocycles. The molecule has 1 saturated carbocycles. The van der Waals surface area contributed by atoms with Gasteiger partial charge in [-0.2, -0.15) is 0 Å². The fourth-order valence-electron chi connectivity index (χ4n) is 3.29. The van der Waals surface area contributed by atoms with E-state index >= 15 is 0 Å². The number of hydrogen-bond donors (Lipinski definition) is 1. The lowest BCUT2D eigenvalue weighted by molar-refractivity contribution is -0.0575. The van der Waals surface area contributed by atoms with Gasteiger partial charge >= 0.3 is 0 Å². The molecule has 2 unspecified atom stereocenters. The van der Waals surface area contributed by atoms with E-state index < -0.39 is 5.60 Å². The van der Waals surface area contributed by atoms with Crippen molar-refractivity contribution >= 4 is 0 Å². The van der Waals surface area contributed by atoms with Crippen molar-refractivity contribution in [2.45, 2.75) is 58.0 Å². The van der Waals surface area contributed by atoms with Gasteiger partial charge in [-0.1, -0.05) is 51.3 Å². The molecule has 2 rings (SSSR count). The van der Waals surface area contributed by atoms with Crippen LogP contribution < -0.4 is 4.74 Å². The minimum absolute atomic E-state index is 0.354. The molecular formula is C17H26O2. The Morgan fingerprint density at radius 2 is 2.05 bits per heavy atom. The predicted molar refractivity (Wildman–Crippen MR) is 78.4 cm³/mol. The summed E-state index contributed by atoms with van der Waals surface area (Å²) in [5, 5.41) is 11.2. The van der Waals surface area contributed by atoms with E-state index in [0.29, 0.717) is 12.5 Å². The average molecular weight is 262 g/mol. The van der Waals surface area contributed by atoms with E-state index in [1.54, 1.807) is 0 Å². The Hall–Kier alpha value is -1.02. The average Bonchev–Trinajstić information content (AvgIpc) is 2.46. The zero-order valence-electron chi connectivity index (χ0n) is 12.2. The van der Waals surface area contributed by atoms with Gasteiger partial charge in [0, 0.05) is 5.56 Å². The van der Waals surface area contributed by atoms with Crippen LogP contribution in [-0.2, 0) is 5.60 Å². The maximum atomic E-state index is 11.2. The second-order valence-electron chi connectivity index (χ2n) is 5.62. The Balaban J connectivity index is 2.32. The summed E-state index contributed by atoms with van der Waals surface area (Å²) in [7, 11) is 0. The molecule has 0 aromatic heterocycles. The zero-order valence-corrected chi connectivity index (χ0v) is 12.2. The molecule has 19 heavy (non-hydrogen) atoms. The van der Waals surface area contributed by atoms with Crippen LogP contribution in [0.25, 0.3) is 0 Å². The molecule has 1 aliphatic rings. The van der Waals surface area contributed by atoms with Crippen LogP contribution in [0.1, 0.15) is 57.9 Å². The molecule has 0 heterocycles. The molecule has 0 radical (unpaired) electrons. The number of hydrogen-bond acceptors (Lipinski definition) is 2. The van der Waals surface area contributed by atoms with Crippen LogP contribution in [-0.4, -0.2) is 11.7 Å². The molecule has 0 saturated heterocycles. The Labute approximate surface area is 116 Å². The lowest BCUT2D eigenvalue weighted by atomic mass is 9.70. The highest BCUT2D eigenvalue weighted by atomic mass is 16.5. The van der Waals surface area contributed by atoms with Gasteiger partial charge in [0.1, 0.15) is 5.75 Å². The molecular weight excluding hydrogens is 236 g/mol. The molecule has 1 aliphatic carbocycles. The standard InChI is InChI=1S/C17H26O2/c1-3-13-19-16-11-6-5-10-15(16)17(18)12-8-7-9-14(17)4-2/h5-6,10-11,14,18H,3-4,7-9,12-13H2,1-2H3.